The summed E-state index contributed by atoms with van der Waals surface area (Å²) in [6, 6.07) is 12.8. The molecule has 0 radical (unpaired) electrons. The molecule has 1 N–H and O–H groups in total. The molecule has 3 rings (SSSR count). The van der Waals surface area contributed by atoms with E-state index in [4.69, 9.17) is 0 Å². The first-order valence-electron chi connectivity index (χ1n) is 6.39. The van der Waals surface area contributed by atoms with E-state index in [1.165, 1.54) is 22.0 Å². The van der Waals surface area contributed by atoms with Gasteiger partial charge in [0.05, 0.1) is 5.41 Å². The van der Waals surface area contributed by atoms with E-state index in [9.17, 15) is 5.11 Å². The van der Waals surface area contributed by atoms with Gasteiger partial charge in [0.25, 0.3) is 0 Å². The second kappa shape index (κ2) is 3.92. The summed E-state index contributed by atoms with van der Waals surface area (Å²) in [6.45, 7) is 5.30. The number of hydrogen-bond acceptors (Lipinski definition) is 1. The minimum Gasteiger partial charge on any atom is -0.390 e. The average Bonchev–Trinajstić information content (AvgIpc) is 2.62. The van der Waals surface area contributed by atoms with Crippen molar-refractivity contribution in [2.24, 2.45) is 0 Å². The van der Waals surface area contributed by atoms with E-state index in [1.807, 2.05) is 0 Å². The molecule has 2 aromatic carbocycles. The molecule has 0 amide bonds. The van der Waals surface area contributed by atoms with Crippen molar-refractivity contribution in [2.45, 2.75) is 19.3 Å². The van der Waals surface area contributed by atoms with Gasteiger partial charge in [-0.2, -0.15) is 4.58 Å². The zero-order valence-electron chi connectivity index (χ0n) is 10.9. The summed E-state index contributed by atoms with van der Waals surface area (Å²) in [5, 5.41) is 11.8. The smallest absolute Gasteiger partial charge is 0.209 e. The van der Waals surface area contributed by atoms with Gasteiger partial charge < -0.3 is 5.11 Å². The number of benzene rings is 2. The topological polar surface area (TPSA) is 23.2 Å². The van der Waals surface area contributed by atoms with Gasteiger partial charge in [-0.1, -0.05) is 24.3 Å². The number of rotatable bonds is 2. The molecule has 0 atom stereocenters. The molecule has 0 unspecified atom stereocenters. The number of fused-ring (bicyclic) bond motifs is 3. The SMILES string of the molecule is CC1(C)C=[N+](CCO)c2ccc3ccccc3c21. The Morgan fingerprint density at radius 1 is 1.11 bits per heavy atom. The van der Waals surface area contributed by atoms with Crippen LogP contribution < -0.4 is 0 Å². The lowest BCUT2D eigenvalue weighted by atomic mass is 9.84. The van der Waals surface area contributed by atoms with Crippen LogP contribution in [0.5, 0.6) is 0 Å². The van der Waals surface area contributed by atoms with E-state index in [0.717, 1.165) is 0 Å². The van der Waals surface area contributed by atoms with Gasteiger partial charge in [0.2, 0.25) is 5.69 Å². The second-order valence-electron chi connectivity index (χ2n) is 5.45. The van der Waals surface area contributed by atoms with Crippen LogP contribution in [-0.4, -0.2) is 29.0 Å². The van der Waals surface area contributed by atoms with Crippen LogP contribution in [0.25, 0.3) is 10.8 Å². The summed E-state index contributed by atoms with van der Waals surface area (Å²) in [4.78, 5) is 0. The lowest BCUT2D eigenvalue weighted by molar-refractivity contribution is -0.436. The van der Waals surface area contributed by atoms with Gasteiger partial charge in [-0.15, -0.1) is 0 Å². The summed E-state index contributed by atoms with van der Waals surface area (Å²) < 4.78 is 2.17. The van der Waals surface area contributed by atoms with Gasteiger partial charge >= 0.3 is 0 Å². The highest BCUT2D eigenvalue weighted by Crippen LogP contribution is 2.40. The molecule has 92 valence electrons. The molecule has 0 saturated heterocycles. The Hall–Kier alpha value is -1.67. The van der Waals surface area contributed by atoms with Crippen LogP contribution in [0.2, 0.25) is 0 Å². The van der Waals surface area contributed by atoms with Crippen molar-refractivity contribution in [3.05, 3.63) is 42.0 Å². The highest BCUT2D eigenvalue weighted by atomic mass is 16.3. The number of hydrogen-bond donors (Lipinski definition) is 1. The standard InChI is InChI=1S/C16H18NO/c1-16(2)11-17(9-10-18)14-8-7-12-5-3-4-6-13(12)15(14)16/h3-8,11,18H,9-10H2,1-2H3/q+1. The fourth-order valence-corrected chi connectivity index (χ4v) is 2.99. The highest BCUT2D eigenvalue weighted by molar-refractivity contribution is 5.95. The van der Waals surface area contributed by atoms with Gasteiger partial charge in [-0.05, 0) is 30.7 Å². The van der Waals surface area contributed by atoms with Crippen molar-refractivity contribution >= 4 is 22.7 Å². The zero-order chi connectivity index (χ0) is 12.8. The quantitative estimate of drug-likeness (QED) is 0.802. The van der Waals surface area contributed by atoms with E-state index < -0.39 is 0 Å². The van der Waals surface area contributed by atoms with Crippen LogP contribution in [0.1, 0.15) is 19.4 Å². The summed E-state index contributed by atoms with van der Waals surface area (Å²) in [6.07, 6.45) is 2.22. The molecule has 0 spiro atoms. The maximum absolute atomic E-state index is 9.17. The molecule has 18 heavy (non-hydrogen) atoms. The third-order valence-corrected chi connectivity index (χ3v) is 3.68. The molecule has 2 heteroatoms. The molecule has 1 aliphatic heterocycles. The first kappa shape index (κ1) is 11.4. The first-order chi connectivity index (χ1) is 8.63. The highest BCUT2D eigenvalue weighted by Gasteiger charge is 2.38. The minimum atomic E-state index is 0.0192. The van der Waals surface area contributed by atoms with Crippen LogP contribution in [0.3, 0.4) is 0 Å². The summed E-state index contributed by atoms with van der Waals surface area (Å²) in [5.74, 6) is 0. The van der Waals surface area contributed by atoms with Crippen molar-refractivity contribution in [2.75, 3.05) is 13.2 Å². The van der Waals surface area contributed by atoms with Crippen molar-refractivity contribution in [3.8, 4) is 0 Å². The molecule has 0 saturated carbocycles. The zero-order valence-corrected chi connectivity index (χ0v) is 10.9. The normalized spacial score (nSPS) is 16.7. The summed E-state index contributed by atoms with van der Waals surface area (Å²) in [7, 11) is 0. The summed E-state index contributed by atoms with van der Waals surface area (Å²) >= 11 is 0. The van der Waals surface area contributed by atoms with E-state index in [0.29, 0.717) is 6.54 Å². The lowest BCUT2D eigenvalue weighted by Gasteiger charge is -2.13. The fraction of sp³-hybridized carbons (Fsp3) is 0.312. The Kier molecular flexibility index (Phi) is 2.49. The van der Waals surface area contributed by atoms with Gasteiger partial charge in [-0.3, -0.25) is 0 Å². The Labute approximate surface area is 107 Å². The third-order valence-electron chi connectivity index (χ3n) is 3.68. The van der Waals surface area contributed by atoms with Gasteiger partial charge in [-0.25, -0.2) is 0 Å². The predicted octanol–water partition coefficient (Wildman–Crippen LogP) is 2.84. The molecule has 2 aromatic rings. The van der Waals surface area contributed by atoms with Crippen molar-refractivity contribution < 1.29 is 9.68 Å². The summed E-state index contributed by atoms with van der Waals surface area (Å²) in [5.41, 5.74) is 2.62. The number of nitrogens with zero attached hydrogens (tertiary/aromatic N) is 1. The molecule has 1 aliphatic rings. The third kappa shape index (κ3) is 1.57. The van der Waals surface area contributed by atoms with Crippen LogP contribution >= 0.6 is 0 Å². The van der Waals surface area contributed by atoms with E-state index >= 15 is 0 Å². The molecule has 0 fully saturated rings. The van der Waals surface area contributed by atoms with E-state index in [-0.39, 0.29) is 12.0 Å². The van der Waals surface area contributed by atoms with Crippen LogP contribution in [-0.2, 0) is 5.41 Å². The number of β-amino-alcohol motifs (C(OH)–C–C–N with tert-alkyl or cyclic N) is 1. The average molecular weight is 240 g/mol. The van der Waals surface area contributed by atoms with E-state index in [2.05, 4.69) is 61.0 Å². The Morgan fingerprint density at radius 2 is 1.89 bits per heavy atom. The van der Waals surface area contributed by atoms with Crippen LogP contribution in [0.4, 0.5) is 5.69 Å². The molecular formula is C16H18NO+. The maximum atomic E-state index is 9.17. The number of aliphatic hydroxyl groups excluding tert-OH is 1. The molecule has 0 aromatic heterocycles. The monoisotopic (exact) mass is 240 g/mol. The first-order valence-corrected chi connectivity index (χ1v) is 6.39. The lowest BCUT2D eigenvalue weighted by Crippen LogP contribution is -2.18. The van der Waals surface area contributed by atoms with Crippen LogP contribution in [0.15, 0.2) is 36.4 Å². The van der Waals surface area contributed by atoms with Crippen LogP contribution in [0, 0.1) is 0 Å². The molecular weight excluding hydrogens is 222 g/mol. The molecule has 0 aliphatic carbocycles. The Bertz CT molecular complexity index is 641. The van der Waals surface area contributed by atoms with E-state index in [1.54, 1.807) is 0 Å². The predicted molar refractivity (Wildman–Crippen MR) is 74.9 cm³/mol. The maximum Gasteiger partial charge on any atom is 0.209 e. The minimum absolute atomic E-state index is 0.0192. The van der Waals surface area contributed by atoms with Crippen molar-refractivity contribution in [1.29, 1.82) is 0 Å². The Balaban J connectivity index is 2.30. The Morgan fingerprint density at radius 3 is 2.67 bits per heavy atom. The van der Waals surface area contributed by atoms with Crippen molar-refractivity contribution in [1.82, 2.24) is 0 Å². The number of aliphatic hydroxyl groups is 1. The van der Waals surface area contributed by atoms with Gasteiger partial charge in [0.1, 0.15) is 6.61 Å². The molecule has 1 heterocycles. The second-order valence-corrected chi connectivity index (χ2v) is 5.45. The fourth-order valence-electron chi connectivity index (χ4n) is 2.99. The molecule has 0 bridgehead atoms. The van der Waals surface area contributed by atoms with Crippen molar-refractivity contribution in [3.63, 3.8) is 0 Å². The largest absolute Gasteiger partial charge is 0.390 e. The van der Waals surface area contributed by atoms with Gasteiger partial charge in [0, 0.05) is 11.6 Å². The molecule has 2 nitrogen and oxygen atoms in total. The van der Waals surface area contributed by atoms with Gasteiger partial charge in [0.15, 0.2) is 12.8 Å².